The summed E-state index contributed by atoms with van der Waals surface area (Å²) >= 11 is 8.47. The fraction of sp³-hybridized carbons (Fsp3) is 0.345. The van der Waals surface area contributed by atoms with Crippen molar-refractivity contribution in [1.29, 1.82) is 0 Å². The average Bonchev–Trinajstić information content (AvgIpc) is 3.24. The van der Waals surface area contributed by atoms with Crippen molar-refractivity contribution in [2.75, 3.05) is 22.6 Å². The predicted octanol–water partition coefficient (Wildman–Crippen LogP) is 7.37. The fourth-order valence-electron chi connectivity index (χ4n) is 4.40. The first-order chi connectivity index (χ1) is 18.4. The van der Waals surface area contributed by atoms with Crippen LogP contribution in [0.1, 0.15) is 54.4 Å². The van der Waals surface area contributed by atoms with E-state index in [1.807, 2.05) is 61.5 Å². The highest BCUT2D eigenvalue weighted by atomic mass is 32.2. The number of carbonyl (C=O) groups excluding carboxylic acids is 2. The van der Waals surface area contributed by atoms with E-state index < -0.39 is 0 Å². The van der Waals surface area contributed by atoms with Gasteiger partial charge in [-0.15, -0.1) is 23.1 Å². The topological polar surface area (TPSA) is 79.5 Å². The second-order valence-electron chi connectivity index (χ2n) is 9.25. The van der Waals surface area contributed by atoms with Crippen molar-refractivity contribution in [3.05, 3.63) is 70.6 Å². The van der Waals surface area contributed by atoms with Gasteiger partial charge in [0.2, 0.25) is 5.91 Å². The van der Waals surface area contributed by atoms with Gasteiger partial charge in [0, 0.05) is 21.1 Å². The highest BCUT2D eigenvalue weighted by molar-refractivity contribution is 8.00. The number of nitrogens with one attached hydrogen (secondary N) is 3. The van der Waals surface area contributed by atoms with Gasteiger partial charge in [0.1, 0.15) is 5.00 Å². The second-order valence-corrected chi connectivity index (χ2v) is 12.0. The minimum absolute atomic E-state index is 0.116. The van der Waals surface area contributed by atoms with Crippen LogP contribution >= 0.6 is 35.3 Å². The summed E-state index contributed by atoms with van der Waals surface area (Å²) < 4.78 is 5.35. The molecule has 3 N–H and O–H groups in total. The monoisotopic (exact) mass is 567 g/mol. The minimum Gasteiger partial charge on any atom is -0.462 e. The average molecular weight is 568 g/mol. The van der Waals surface area contributed by atoms with Gasteiger partial charge >= 0.3 is 5.97 Å². The smallest absolute Gasteiger partial charge is 0.341 e. The zero-order valence-corrected chi connectivity index (χ0v) is 24.3. The summed E-state index contributed by atoms with van der Waals surface area (Å²) in [5, 5.41) is 10.2. The molecule has 4 rings (SSSR count). The van der Waals surface area contributed by atoms with Gasteiger partial charge < -0.3 is 20.7 Å². The Labute approximate surface area is 237 Å². The first-order valence-corrected chi connectivity index (χ1v) is 15.0. The molecule has 0 aliphatic heterocycles. The van der Waals surface area contributed by atoms with Crippen LogP contribution in [0, 0.1) is 5.92 Å². The number of thioether (sulfide) groups is 1. The molecule has 3 aromatic rings. The van der Waals surface area contributed by atoms with Crippen molar-refractivity contribution in [1.82, 2.24) is 0 Å². The molecule has 0 spiro atoms. The Morgan fingerprint density at radius 2 is 1.82 bits per heavy atom. The maximum atomic E-state index is 13.4. The zero-order chi connectivity index (χ0) is 27.1. The van der Waals surface area contributed by atoms with Crippen molar-refractivity contribution in [2.24, 2.45) is 5.92 Å². The molecule has 0 saturated carbocycles. The van der Waals surface area contributed by atoms with Gasteiger partial charge in [0.15, 0.2) is 5.11 Å². The summed E-state index contributed by atoms with van der Waals surface area (Å²) in [5.74, 6) is 0.0964. The third-order valence-corrected chi connectivity index (χ3v) is 9.03. The quantitative estimate of drug-likeness (QED) is 0.142. The number of para-hydroxylation sites is 1. The Morgan fingerprint density at radius 1 is 1.08 bits per heavy atom. The highest BCUT2D eigenvalue weighted by Gasteiger charge is 2.30. The summed E-state index contributed by atoms with van der Waals surface area (Å²) in [6.45, 7) is 6.32. The Morgan fingerprint density at radius 3 is 2.55 bits per heavy atom. The van der Waals surface area contributed by atoms with E-state index in [2.05, 4.69) is 22.9 Å². The number of benzene rings is 2. The van der Waals surface area contributed by atoms with Crippen LogP contribution < -0.4 is 16.0 Å². The third-order valence-electron chi connectivity index (χ3n) is 6.29. The molecule has 2 atom stereocenters. The lowest BCUT2D eigenvalue weighted by atomic mass is 9.88. The number of thiocarbonyl (C=S) groups is 1. The van der Waals surface area contributed by atoms with Crippen LogP contribution in [0.4, 0.5) is 16.4 Å². The molecule has 200 valence electrons. The summed E-state index contributed by atoms with van der Waals surface area (Å²) in [6.07, 6.45) is 3.43. The van der Waals surface area contributed by atoms with Crippen LogP contribution in [0.3, 0.4) is 0 Å². The van der Waals surface area contributed by atoms with E-state index >= 15 is 0 Å². The molecule has 0 fully saturated rings. The third kappa shape index (κ3) is 7.15. The van der Waals surface area contributed by atoms with Crippen LogP contribution in [0.5, 0.6) is 0 Å². The number of fused-ring (bicyclic) bond motifs is 1. The number of hydrogen-bond acceptors (Lipinski definition) is 6. The van der Waals surface area contributed by atoms with E-state index in [4.69, 9.17) is 17.0 Å². The summed E-state index contributed by atoms with van der Waals surface area (Å²) in [4.78, 5) is 28.4. The molecule has 0 saturated heterocycles. The molecule has 1 aromatic heterocycles. The van der Waals surface area contributed by atoms with Crippen molar-refractivity contribution >= 4 is 68.7 Å². The Bertz CT molecular complexity index is 1290. The van der Waals surface area contributed by atoms with E-state index in [1.54, 1.807) is 6.92 Å². The van der Waals surface area contributed by atoms with E-state index in [-0.39, 0.29) is 17.1 Å². The number of carbonyl (C=O) groups is 2. The first-order valence-electron chi connectivity index (χ1n) is 12.9. The lowest BCUT2D eigenvalue weighted by molar-refractivity contribution is -0.115. The highest BCUT2D eigenvalue weighted by Crippen LogP contribution is 2.40. The molecular formula is C29H33N3O3S3. The normalized spacial score (nSPS) is 15.2. The van der Waals surface area contributed by atoms with Gasteiger partial charge in [-0.3, -0.25) is 4.79 Å². The fourth-order valence-corrected chi connectivity index (χ4v) is 7.05. The SMILES string of the molecule is CCOC(=O)c1c(NC(=O)C(CC)Sc2cccc(NC(=S)Nc3ccccc3)c2)sc2c1CCC(C)C2. The lowest BCUT2D eigenvalue weighted by Crippen LogP contribution is -2.25. The number of amides is 1. The van der Waals surface area contributed by atoms with E-state index in [0.717, 1.165) is 41.1 Å². The molecule has 1 aliphatic rings. The number of ether oxygens (including phenoxy) is 1. The molecular weight excluding hydrogens is 535 g/mol. The van der Waals surface area contributed by atoms with Crippen molar-refractivity contribution in [2.45, 2.75) is 56.6 Å². The number of rotatable bonds is 9. The molecule has 9 heteroatoms. The number of esters is 1. The van der Waals surface area contributed by atoms with Crippen molar-refractivity contribution in [3.63, 3.8) is 0 Å². The molecule has 1 amide bonds. The maximum absolute atomic E-state index is 13.4. The Hall–Kier alpha value is -2.88. The van der Waals surface area contributed by atoms with Crippen LogP contribution in [-0.2, 0) is 22.4 Å². The zero-order valence-electron chi connectivity index (χ0n) is 21.8. The van der Waals surface area contributed by atoms with E-state index in [1.165, 1.54) is 28.0 Å². The van der Waals surface area contributed by atoms with Crippen LogP contribution in [0.2, 0.25) is 0 Å². The number of thiophene rings is 1. The molecule has 6 nitrogen and oxygen atoms in total. The van der Waals surface area contributed by atoms with Gasteiger partial charge in [-0.25, -0.2) is 4.79 Å². The molecule has 2 aromatic carbocycles. The first kappa shape index (κ1) is 28.1. The Balaban J connectivity index is 1.45. The predicted molar refractivity (Wildman–Crippen MR) is 163 cm³/mol. The van der Waals surface area contributed by atoms with Gasteiger partial charge in [0.25, 0.3) is 0 Å². The molecule has 1 aliphatic carbocycles. The van der Waals surface area contributed by atoms with Crippen molar-refractivity contribution < 1.29 is 14.3 Å². The van der Waals surface area contributed by atoms with Crippen LogP contribution in [-0.4, -0.2) is 28.8 Å². The van der Waals surface area contributed by atoms with Gasteiger partial charge in [-0.2, -0.15) is 0 Å². The van der Waals surface area contributed by atoms with Crippen LogP contribution in [0.15, 0.2) is 59.5 Å². The maximum Gasteiger partial charge on any atom is 0.341 e. The van der Waals surface area contributed by atoms with Gasteiger partial charge in [-0.1, -0.05) is 38.1 Å². The molecule has 38 heavy (non-hydrogen) atoms. The molecule has 0 radical (unpaired) electrons. The number of hydrogen-bond donors (Lipinski definition) is 3. The van der Waals surface area contributed by atoms with Gasteiger partial charge in [0.05, 0.1) is 17.4 Å². The summed E-state index contributed by atoms with van der Waals surface area (Å²) in [7, 11) is 0. The summed E-state index contributed by atoms with van der Waals surface area (Å²) in [6, 6.07) is 17.6. The number of anilines is 3. The molecule has 1 heterocycles. The second kappa shape index (κ2) is 13.3. The molecule has 0 bridgehead atoms. The molecule has 2 unspecified atom stereocenters. The van der Waals surface area contributed by atoms with E-state index in [0.29, 0.717) is 34.6 Å². The Kier molecular flexibility index (Phi) is 9.82. The summed E-state index contributed by atoms with van der Waals surface area (Å²) in [5.41, 5.74) is 3.33. The van der Waals surface area contributed by atoms with Crippen LogP contribution in [0.25, 0.3) is 0 Å². The standard InChI is InChI=1S/C29H33N3O3S3/c1-4-23(37-21-13-9-12-20(17-21)31-29(36)30-19-10-7-6-8-11-19)26(33)32-27-25(28(34)35-5-2)22-15-14-18(3)16-24(22)38-27/h6-13,17-18,23H,4-5,14-16H2,1-3H3,(H,32,33)(H2,30,31,36). The van der Waals surface area contributed by atoms with E-state index in [9.17, 15) is 9.59 Å². The van der Waals surface area contributed by atoms with Crippen molar-refractivity contribution in [3.8, 4) is 0 Å². The largest absolute Gasteiger partial charge is 0.462 e. The minimum atomic E-state index is -0.352. The lowest BCUT2D eigenvalue weighted by Gasteiger charge is -2.18. The van der Waals surface area contributed by atoms with Gasteiger partial charge in [-0.05, 0) is 86.6 Å².